The van der Waals surface area contributed by atoms with Crippen LogP contribution >= 0.6 is 0 Å². The minimum absolute atomic E-state index is 0.0267. The molecule has 3 nitrogen and oxygen atoms in total. The molecule has 0 radical (unpaired) electrons. The smallest absolute Gasteiger partial charge is 0.251 e. The average molecular weight is 318 g/mol. The number of hydrogen-bond acceptors (Lipinski definition) is 2. The molecule has 0 aromatic heterocycles. The zero-order chi connectivity index (χ0) is 17.2. The first-order valence-electron chi connectivity index (χ1n) is 8.18. The van der Waals surface area contributed by atoms with E-state index in [2.05, 4.69) is 18.8 Å². The minimum Gasteiger partial charge on any atom is -0.301 e. The third kappa shape index (κ3) is 3.30. The number of nitrogens with zero attached hydrogens (tertiary/aromatic N) is 2. The van der Waals surface area contributed by atoms with Crippen LogP contribution in [0.25, 0.3) is 6.08 Å². The second-order valence-electron chi connectivity index (χ2n) is 6.74. The highest BCUT2D eigenvalue weighted by Crippen LogP contribution is 2.38. The van der Waals surface area contributed by atoms with E-state index in [1.165, 1.54) is 0 Å². The Morgan fingerprint density at radius 1 is 1.08 bits per heavy atom. The molecular formula is C21H22N2O. The summed E-state index contributed by atoms with van der Waals surface area (Å²) in [6, 6.07) is 17.7. The van der Waals surface area contributed by atoms with Crippen LogP contribution in [0.1, 0.15) is 32.8 Å². The monoisotopic (exact) mass is 318 g/mol. The van der Waals surface area contributed by atoms with Gasteiger partial charge >= 0.3 is 0 Å². The molecule has 0 saturated heterocycles. The summed E-state index contributed by atoms with van der Waals surface area (Å²) in [5, 5.41) is 0. The van der Waals surface area contributed by atoms with Crippen LogP contribution in [0.4, 0.5) is 11.4 Å². The summed E-state index contributed by atoms with van der Waals surface area (Å²) in [5.41, 5.74) is 3.43. The second kappa shape index (κ2) is 6.44. The zero-order valence-electron chi connectivity index (χ0n) is 14.4. The lowest BCUT2D eigenvalue weighted by molar-refractivity contribution is -0.115. The van der Waals surface area contributed by atoms with Crippen molar-refractivity contribution in [3.05, 3.63) is 66.2 Å². The van der Waals surface area contributed by atoms with Gasteiger partial charge in [-0.1, -0.05) is 42.5 Å². The molecule has 24 heavy (non-hydrogen) atoms. The molecule has 0 aliphatic carbocycles. The number of amides is 1. The molecule has 3 rings (SSSR count). The Morgan fingerprint density at radius 2 is 1.75 bits per heavy atom. The molecule has 0 spiro atoms. The lowest BCUT2D eigenvalue weighted by Gasteiger charge is -2.37. The summed E-state index contributed by atoms with van der Waals surface area (Å²) >= 11 is 0. The van der Waals surface area contributed by atoms with Crippen LogP contribution in [-0.2, 0) is 4.79 Å². The van der Waals surface area contributed by atoms with Crippen LogP contribution in [0.5, 0.6) is 0 Å². The van der Waals surface area contributed by atoms with Crippen molar-refractivity contribution in [2.45, 2.75) is 32.7 Å². The summed E-state index contributed by atoms with van der Waals surface area (Å²) in [4.78, 5) is 19.5. The van der Waals surface area contributed by atoms with Gasteiger partial charge in [0.15, 0.2) is 0 Å². The van der Waals surface area contributed by atoms with Gasteiger partial charge in [-0.2, -0.15) is 0 Å². The lowest BCUT2D eigenvalue weighted by atomic mass is 9.95. The van der Waals surface area contributed by atoms with Crippen molar-refractivity contribution in [3.63, 3.8) is 0 Å². The van der Waals surface area contributed by atoms with Crippen molar-refractivity contribution in [3.8, 4) is 0 Å². The largest absolute Gasteiger partial charge is 0.301 e. The van der Waals surface area contributed by atoms with Crippen molar-refractivity contribution < 1.29 is 4.79 Å². The number of benzene rings is 2. The third-order valence-corrected chi connectivity index (χ3v) is 4.17. The summed E-state index contributed by atoms with van der Waals surface area (Å²) in [5.74, 6) is -0.0267. The fourth-order valence-corrected chi connectivity index (χ4v) is 3.25. The Labute approximate surface area is 143 Å². The maximum Gasteiger partial charge on any atom is 0.251 e. The van der Waals surface area contributed by atoms with Crippen molar-refractivity contribution in [2.75, 3.05) is 4.90 Å². The third-order valence-electron chi connectivity index (χ3n) is 4.17. The first-order valence-corrected chi connectivity index (χ1v) is 8.18. The fraction of sp³-hybridized carbons (Fsp3) is 0.238. The van der Waals surface area contributed by atoms with Gasteiger partial charge in [0.05, 0.1) is 11.4 Å². The van der Waals surface area contributed by atoms with Crippen molar-refractivity contribution in [1.82, 2.24) is 0 Å². The highest BCUT2D eigenvalue weighted by molar-refractivity contribution is 6.08. The zero-order valence-corrected chi connectivity index (χ0v) is 14.4. The Morgan fingerprint density at radius 3 is 2.50 bits per heavy atom. The van der Waals surface area contributed by atoms with E-state index in [0.717, 1.165) is 29.1 Å². The normalized spacial score (nSPS) is 16.5. The number of para-hydroxylation sites is 2. The molecule has 1 aliphatic heterocycles. The highest BCUT2D eigenvalue weighted by atomic mass is 16.2. The standard InChI is InChI=1S/C21H22N2O/c1-16-15-21(2,3)23(19-12-8-7-11-18(19)22-16)20(24)14-13-17-9-5-4-6-10-17/h4-14H,15H2,1-3H3/b14-13+. The maximum absolute atomic E-state index is 13.0. The summed E-state index contributed by atoms with van der Waals surface area (Å²) in [6.07, 6.45) is 4.25. The molecular weight excluding hydrogens is 296 g/mol. The molecule has 2 aromatic rings. The topological polar surface area (TPSA) is 32.7 Å². The van der Waals surface area contributed by atoms with Gasteiger partial charge in [0, 0.05) is 23.7 Å². The van der Waals surface area contributed by atoms with Gasteiger partial charge in [0.25, 0.3) is 5.91 Å². The number of anilines is 1. The molecule has 122 valence electrons. The minimum atomic E-state index is -0.335. The Bertz CT molecular complexity index is 804. The Kier molecular flexibility index (Phi) is 4.34. The molecule has 1 amide bonds. The quantitative estimate of drug-likeness (QED) is 0.717. The van der Waals surface area contributed by atoms with Gasteiger partial charge < -0.3 is 4.90 Å². The van der Waals surface area contributed by atoms with E-state index in [1.54, 1.807) is 6.08 Å². The van der Waals surface area contributed by atoms with E-state index in [1.807, 2.05) is 72.5 Å². The molecule has 1 heterocycles. The van der Waals surface area contributed by atoms with Crippen LogP contribution < -0.4 is 4.90 Å². The van der Waals surface area contributed by atoms with Crippen LogP contribution in [0.3, 0.4) is 0 Å². The average Bonchev–Trinajstić information content (AvgIpc) is 2.65. The van der Waals surface area contributed by atoms with Crippen LogP contribution in [0.15, 0.2) is 65.7 Å². The van der Waals surface area contributed by atoms with Gasteiger partial charge in [0.1, 0.15) is 0 Å². The van der Waals surface area contributed by atoms with Gasteiger partial charge in [-0.3, -0.25) is 9.79 Å². The van der Waals surface area contributed by atoms with Crippen molar-refractivity contribution >= 4 is 29.1 Å². The summed E-state index contributed by atoms with van der Waals surface area (Å²) in [7, 11) is 0. The number of rotatable bonds is 2. The van der Waals surface area contributed by atoms with Crippen molar-refractivity contribution in [2.24, 2.45) is 4.99 Å². The van der Waals surface area contributed by atoms with E-state index in [0.29, 0.717) is 0 Å². The molecule has 0 N–H and O–H groups in total. The van der Waals surface area contributed by atoms with Crippen LogP contribution in [-0.4, -0.2) is 17.2 Å². The molecule has 0 atom stereocenters. The lowest BCUT2D eigenvalue weighted by Crippen LogP contribution is -2.48. The number of aliphatic imine (C=N–C) groups is 1. The van der Waals surface area contributed by atoms with E-state index in [4.69, 9.17) is 0 Å². The van der Waals surface area contributed by atoms with Crippen LogP contribution in [0, 0.1) is 0 Å². The van der Waals surface area contributed by atoms with E-state index >= 15 is 0 Å². The number of carbonyl (C=O) groups is 1. The van der Waals surface area contributed by atoms with Gasteiger partial charge in [-0.15, -0.1) is 0 Å². The first kappa shape index (κ1) is 16.2. The first-order chi connectivity index (χ1) is 11.5. The molecule has 2 aromatic carbocycles. The maximum atomic E-state index is 13.0. The summed E-state index contributed by atoms with van der Waals surface area (Å²) in [6.45, 7) is 6.19. The Hall–Kier alpha value is -2.68. The van der Waals surface area contributed by atoms with Crippen LogP contribution in [0.2, 0.25) is 0 Å². The van der Waals surface area contributed by atoms with E-state index in [9.17, 15) is 4.79 Å². The van der Waals surface area contributed by atoms with E-state index < -0.39 is 0 Å². The molecule has 0 saturated carbocycles. The predicted molar refractivity (Wildman–Crippen MR) is 101 cm³/mol. The summed E-state index contributed by atoms with van der Waals surface area (Å²) < 4.78 is 0. The van der Waals surface area contributed by atoms with E-state index in [-0.39, 0.29) is 11.4 Å². The molecule has 1 aliphatic rings. The fourth-order valence-electron chi connectivity index (χ4n) is 3.25. The van der Waals surface area contributed by atoms with Crippen molar-refractivity contribution in [1.29, 1.82) is 0 Å². The number of hydrogen-bond donors (Lipinski definition) is 0. The molecule has 3 heteroatoms. The molecule has 0 bridgehead atoms. The Balaban J connectivity index is 1.99. The highest BCUT2D eigenvalue weighted by Gasteiger charge is 2.34. The van der Waals surface area contributed by atoms with Gasteiger partial charge in [-0.25, -0.2) is 0 Å². The van der Waals surface area contributed by atoms with Gasteiger partial charge in [-0.05, 0) is 44.5 Å². The molecule has 0 unspecified atom stereocenters. The number of fused-ring (bicyclic) bond motifs is 1. The predicted octanol–water partition coefficient (Wildman–Crippen LogP) is 5.01. The second-order valence-corrected chi connectivity index (χ2v) is 6.74. The van der Waals surface area contributed by atoms with Gasteiger partial charge in [0.2, 0.25) is 0 Å². The SMILES string of the molecule is CC1=Nc2ccccc2N(C(=O)/C=C/c2ccccc2)C(C)(C)C1. The number of carbonyl (C=O) groups excluding carboxylic acids is 1. The molecule has 0 fully saturated rings.